The van der Waals surface area contributed by atoms with Gasteiger partial charge < -0.3 is 15.7 Å². The Morgan fingerprint density at radius 1 is 1.18 bits per heavy atom. The van der Waals surface area contributed by atoms with Crippen molar-refractivity contribution in [1.29, 1.82) is 0 Å². The molecule has 2 amide bonds. The maximum absolute atomic E-state index is 11.6. The third-order valence-corrected chi connectivity index (χ3v) is 2.12. The van der Waals surface area contributed by atoms with Gasteiger partial charge in [0, 0.05) is 12.0 Å². The molecule has 0 fully saturated rings. The minimum Gasteiger partial charge on any atom is -0.389 e. The summed E-state index contributed by atoms with van der Waals surface area (Å²) in [7, 11) is 0. The van der Waals surface area contributed by atoms with Crippen LogP contribution in [0.15, 0.2) is 0 Å². The molecule has 0 aromatic rings. The van der Waals surface area contributed by atoms with E-state index in [1.165, 1.54) is 0 Å². The molecule has 5 heteroatoms. The van der Waals surface area contributed by atoms with Gasteiger partial charge in [0.1, 0.15) is 6.04 Å². The summed E-state index contributed by atoms with van der Waals surface area (Å²) in [5, 5.41) is 14.7. The van der Waals surface area contributed by atoms with Gasteiger partial charge in [-0.2, -0.15) is 0 Å². The van der Waals surface area contributed by atoms with Crippen molar-refractivity contribution in [2.24, 2.45) is 5.41 Å². The van der Waals surface area contributed by atoms with Crippen molar-refractivity contribution >= 4 is 11.8 Å². The van der Waals surface area contributed by atoms with E-state index in [-0.39, 0.29) is 18.4 Å². The molecule has 0 heterocycles. The minimum absolute atomic E-state index is 0.154. The van der Waals surface area contributed by atoms with E-state index in [1.54, 1.807) is 41.5 Å². The van der Waals surface area contributed by atoms with Gasteiger partial charge in [0.15, 0.2) is 0 Å². The van der Waals surface area contributed by atoms with Crippen molar-refractivity contribution in [2.75, 3.05) is 6.54 Å². The van der Waals surface area contributed by atoms with Crippen LogP contribution in [-0.4, -0.2) is 35.1 Å². The topological polar surface area (TPSA) is 78.4 Å². The second-order valence-electron chi connectivity index (χ2n) is 5.98. The Labute approximate surface area is 103 Å². The van der Waals surface area contributed by atoms with Crippen LogP contribution in [0.25, 0.3) is 0 Å². The zero-order valence-corrected chi connectivity index (χ0v) is 11.5. The minimum atomic E-state index is -0.955. The number of carbonyl (C=O) groups excluding carboxylic acids is 2. The van der Waals surface area contributed by atoms with Crippen LogP contribution in [0.1, 0.15) is 41.5 Å². The summed E-state index contributed by atoms with van der Waals surface area (Å²) in [6.07, 6.45) is 0. The lowest BCUT2D eigenvalue weighted by molar-refractivity contribution is -0.133. The number of aliphatic hydroxyl groups is 1. The van der Waals surface area contributed by atoms with Gasteiger partial charge in [-0.25, -0.2) is 0 Å². The number of amides is 2. The highest BCUT2D eigenvalue weighted by Crippen LogP contribution is 2.12. The Morgan fingerprint density at radius 3 is 2.00 bits per heavy atom. The van der Waals surface area contributed by atoms with Gasteiger partial charge in [-0.05, 0) is 20.8 Å². The molecule has 100 valence electrons. The standard InChI is InChI=1S/C12H24N2O3/c1-8(14-10(16)11(2,3)4)9(15)13-7-12(5,6)17/h8,17H,7H2,1-6H3,(H,13,15)(H,14,16). The zero-order chi connectivity index (χ0) is 13.9. The van der Waals surface area contributed by atoms with Crippen LogP contribution in [0.3, 0.4) is 0 Å². The fourth-order valence-electron chi connectivity index (χ4n) is 0.935. The maximum atomic E-state index is 11.6. The predicted octanol–water partition coefficient (Wildman–Crippen LogP) is 0.424. The molecule has 0 aliphatic rings. The predicted molar refractivity (Wildman–Crippen MR) is 66.4 cm³/mol. The average molecular weight is 244 g/mol. The molecule has 0 aliphatic carbocycles. The molecule has 0 aliphatic heterocycles. The maximum Gasteiger partial charge on any atom is 0.242 e. The number of hydrogen-bond acceptors (Lipinski definition) is 3. The van der Waals surface area contributed by atoms with Gasteiger partial charge in [-0.1, -0.05) is 20.8 Å². The Bertz CT molecular complexity index is 287. The van der Waals surface area contributed by atoms with E-state index in [1.807, 2.05) is 0 Å². The number of hydrogen-bond donors (Lipinski definition) is 3. The SMILES string of the molecule is CC(NC(=O)C(C)(C)C)C(=O)NCC(C)(C)O. The largest absolute Gasteiger partial charge is 0.389 e. The third kappa shape index (κ3) is 6.94. The molecule has 0 bridgehead atoms. The van der Waals surface area contributed by atoms with Gasteiger partial charge >= 0.3 is 0 Å². The van der Waals surface area contributed by atoms with Crippen LogP contribution in [0.2, 0.25) is 0 Å². The van der Waals surface area contributed by atoms with E-state index in [0.717, 1.165) is 0 Å². The molecule has 0 aromatic heterocycles. The molecule has 3 N–H and O–H groups in total. The first kappa shape index (κ1) is 15.9. The fourth-order valence-corrected chi connectivity index (χ4v) is 0.935. The summed E-state index contributed by atoms with van der Waals surface area (Å²) in [5.41, 5.74) is -1.48. The van der Waals surface area contributed by atoms with Crippen molar-refractivity contribution in [3.63, 3.8) is 0 Å². The number of nitrogens with one attached hydrogen (secondary N) is 2. The van der Waals surface area contributed by atoms with Crippen LogP contribution in [0, 0.1) is 5.41 Å². The highest BCUT2D eigenvalue weighted by molar-refractivity contribution is 5.89. The molecule has 1 unspecified atom stereocenters. The van der Waals surface area contributed by atoms with E-state index in [0.29, 0.717) is 0 Å². The zero-order valence-electron chi connectivity index (χ0n) is 11.5. The molecule has 5 nitrogen and oxygen atoms in total. The lowest BCUT2D eigenvalue weighted by Crippen LogP contribution is -2.50. The molecule has 0 radical (unpaired) electrons. The second-order valence-corrected chi connectivity index (χ2v) is 5.98. The van der Waals surface area contributed by atoms with E-state index in [9.17, 15) is 14.7 Å². The van der Waals surface area contributed by atoms with E-state index in [4.69, 9.17) is 0 Å². The van der Waals surface area contributed by atoms with Crippen molar-refractivity contribution in [1.82, 2.24) is 10.6 Å². The van der Waals surface area contributed by atoms with Gasteiger partial charge in [-0.3, -0.25) is 9.59 Å². The lowest BCUT2D eigenvalue weighted by atomic mass is 9.95. The van der Waals surface area contributed by atoms with Crippen LogP contribution < -0.4 is 10.6 Å². The van der Waals surface area contributed by atoms with Crippen molar-refractivity contribution in [2.45, 2.75) is 53.2 Å². The normalized spacial score (nSPS) is 14.1. The smallest absolute Gasteiger partial charge is 0.242 e. The molecular formula is C12H24N2O3. The number of carbonyl (C=O) groups is 2. The summed E-state index contributed by atoms with van der Waals surface area (Å²) in [5.74, 6) is -0.479. The Balaban J connectivity index is 4.20. The Hall–Kier alpha value is -1.10. The summed E-state index contributed by atoms with van der Waals surface area (Å²) in [6.45, 7) is 10.3. The molecule has 0 aromatic carbocycles. The first-order valence-electron chi connectivity index (χ1n) is 5.74. The first-order valence-corrected chi connectivity index (χ1v) is 5.74. The highest BCUT2D eigenvalue weighted by Gasteiger charge is 2.25. The van der Waals surface area contributed by atoms with Crippen LogP contribution in [0.5, 0.6) is 0 Å². The Morgan fingerprint density at radius 2 is 1.65 bits per heavy atom. The average Bonchev–Trinajstić information content (AvgIpc) is 2.11. The van der Waals surface area contributed by atoms with E-state index < -0.39 is 17.1 Å². The van der Waals surface area contributed by atoms with Gasteiger partial charge in [0.2, 0.25) is 11.8 Å². The molecule has 0 saturated heterocycles. The lowest BCUT2D eigenvalue weighted by Gasteiger charge is -2.23. The summed E-state index contributed by atoms with van der Waals surface area (Å²) in [6, 6.07) is -0.607. The molecule has 0 rings (SSSR count). The fraction of sp³-hybridized carbons (Fsp3) is 0.833. The molecule has 0 spiro atoms. The van der Waals surface area contributed by atoms with E-state index >= 15 is 0 Å². The third-order valence-electron chi connectivity index (χ3n) is 2.12. The molecule has 17 heavy (non-hydrogen) atoms. The van der Waals surface area contributed by atoms with E-state index in [2.05, 4.69) is 10.6 Å². The molecule has 0 saturated carbocycles. The van der Waals surface area contributed by atoms with Crippen LogP contribution >= 0.6 is 0 Å². The summed E-state index contributed by atoms with van der Waals surface area (Å²) in [4.78, 5) is 23.3. The van der Waals surface area contributed by atoms with Gasteiger partial charge in [-0.15, -0.1) is 0 Å². The van der Waals surface area contributed by atoms with Crippen LogP contribution in [0.4, 0.5) is 0 Å². The van der Waals surface area contributed by atoms with Crippen molar-refractivity contribution in [3.8, 4) is 0 Å². The van der Waals surface area contributed by atoms with Crippen LogP contribution in [-0.2, 0) is 9.59 Å². The van der Waals surface area contributed by atoms with Gasteiger partial charge in [0.25, 0.3) is 0 Å². The van der Waals surface area contributed by atoms with Gasteiger partial charge in [0.05, 0.1) is 5.60 Å². The molecule has 1 atom stereocenters. The molecular weight excluding hydrogens is 220 g/mol. The quantitative estimate of drug-likeness (QED) is 0.671. The second kappa shape index (κ2) is 5.49. The van der Waals surface area contributed by atoms with Crippen molar-refractivity contribution in [3.05, 3.63) is 0 Å². The highest BCUT2D eigenvalue weighted by atomic mass is 16.3. The monoisotopic (exact) mass is 244 g/mol. The summed E-state index contributed by atoms with van der Waals surface area (Å²) >= 11 is 0. The number of rotatable bonds is 4. The Kier molecular flexibility index (Phi) is 5.13. The first-order chi connectivity index (χ1) is 7.43. The van der Waals surface area contributed by atoms with Crippen molar-refractivity contribution < 1.29 is 14.7 Å². The summed E-state index contributed by atoms with van der Waals surface area (Å²) < 4.78 is 0.